The first kappa shape index (κ1) is 30.1. The van der Waals surface area contributed by atoms with Gasteiger partial charge in [0.1, 0.15) is 18.1 Å². The summed E-state index contributed by atoms with van der Waals surface area (Å²) >= 11 is 0. The van der Waals surface area contributed by atoms with E-state index in [0.29, 0.717) is 5.56 Å². The number of primary amides is 2. The van der Waals surface area contributed by atoms with Gasteiger partial charge < -0.3 is 26.8 Å². The Balaban J connectivity index is 1.55. The largest absolute Gasteiger partial charge is 0.391 e. The molecule has 0 bridgehead atoms. The standard InChI is InChI=1S/C30H35N7O5/c1-17(18-10-12-20(13-11-18)19-8-6-5-7-9-19)24(27(32)40)33-28(41)23-14-21(38)15-36(23)29(42)25(30(2,3)4)37-16-22(26(31)39)34-35-37/h5-13,16,21,23-25,38H,1,14-15H2,2-4H3,(H2,31,39)(H2,32,40)(H,33,41)/t21-,23+,24-,25-/m1/s1. The van der Waals surface area contributed by atoms with Gasteiger partial charge in [0.05, 0.1) is 12.3 Å². The average Bonchev–Trinajstić information content (AvgIpc) is 3.58. The van der Waals surface area contributed by atoms with Crippen molar-refractivity contribution in [2.45, 2.75) is 51.4 Å². The maximum atomic E-state index is 13.9. The van der Waals surface area contributed by atoms with Gasteiger partial charge in [0.25, 0.3) is 5.91 Å². The molecular weight excluding hydrogens is 538 g/mol. The summed E-state index contributed by atoms with van der Waals surface area (Å²) in [6, 6.07) is 13.7. The molecule has 2 heterocycles. The third-order valence-corrected chi connectivity index (χ3v) is 7.23. The minimum Gasteiger partial charge on any atom is -0.391 e. The lowest BCUT2D eigenvalue weighted by Crippen LogP contribution is -2.54. The molecule has 0 saturated carbocycles. The summed E-state index contributed by atoms with van der Waals surface area (Å²) in [4.78, 5) is 52.7. The van der Waals surface area contributed by atoms with Crippen LogP contribution in [-0.4, -0.2) is 73.4 Å². The van der Waals surface area contributed by atoms with Crippen LogP contribution in [0.3, 0.4) is 0 Å². The Hall–Kier alpha value is -4.84. The number of carbonyl (C=O) groups is 4. The quantitative estimate of drug-likeness (QED) is 0.297. The Labute approximate surface area is 243 Å². The number of benzene rings is 2. The van der Waals surface area contributed by atoms with Crippen LogP contribution in [0.25, 0.3) is 16.7 Å². The molecule has 42 heavy (non-hydrogen) atoms. The number of nitrogens with zero attached hydrogens (tertiary/aromatic N) is 4. The number of carbonyl (C=O) groups excluding carboxylic acids is 4. The van der Waals surface area contributed by atoms with Crippen LogP contribution in [0.15, 0.2) is 67.4 Å². The molecule has 1 fully saturated rings. The molecule has 4 amide bonds. The number of rotatable bonds is 9. The molecule has 12 nitrogen and oxygen atoms in total. The Bertz CT molecular complexity index is 1490. The third-order valence-electron chi connectivity index (χ3n) is 7.23. The average molecular weight is 574 g/mol. The number of aliphatic hydroxyl groups excluding tert-OH is 1. The van der Waals surface area contributed by atoms with Crippen LogP contribution in [0.5, 0.6) is 0 Å². The van der Waals surface area contributed by atoms with Gasteiger partial charge >= 0.3 is 0 Å². The van der Waals surface area contributed by atoms with Gasteiger partial charge in [-0.1, -0.05) is 87.2 Å². The Morgan fingerprint density at radius 2 is 1.64 bits per heavy atom. The molecule has 6 N–H and O–H groups in total. The smallest absolute Gasteiger partial charge is 0.270 e. The van der Waals surface area contributed by atoms with Crippen LogP contribution < -0.4 is 16.8 Å². The summed E-state index contributed by atoms with van der Waals surface area (Å²) in [6.07, 6.45) is 0.235. The molecule has 220 valence electrons. The van der Waals surface area contributed by atoms with E-state index in [1.54, 1.807) is 32.9 Å². The van der Waals surface area contributed by atoms with E-state index >= 15 is 0 Å². The van der Waals surface area contributed by atoms with E-state index in [9.17, 15) is 24.3 Å². The molecule has 1 aliphatic rings. The monoisotopic (exact) mass is 573 g/mol. The fourth-order valence-electron chi connectivity index (χ4n) is 5.10. The molecule has 0 aliphatic carbocycles. The fourth-order valence-corrected chi connectivity index (χ4v) is 5.10. The van der Waals surface area contributed by atoms with Crippen molar-refractivity contribution in [1.29, 1.82) is 0 Å². The fraction of sp³-hybridized carbons (Fsp3) is 0.333. The normalized spacial score (nSPS) is 18.2. The number of aromatic nitrogens is 3. The molecule has 0 unspecified atom stereocenters. The highest BCUT2D eigenvalue weighted by Gasteiger charge is 2.46. The summed E-state index contributed by atoms with van der Waals surface area (Å²) in [6.45, 7) is 9.26. The van der Waals surface area contributed by atoms with Crippen LogP contribution in [0.4, 0.5) is 0 Å². The van der Waals surface area contributed by atoms with Crippen LogP contribution in [-0.2, 0) is 14.4 Å². The van der Waals surface area contributed by atoms with E-state index in [1.807, 2.05) is 42.5 Å². The van der Waals surface area contributed by atoms with Crippen LogP contribution in [0.2, 0.25) is 0 Å². The zero-order valence-corrected chi connectivity index (χ0v) is 23.7. The van der Waals surface area contributed by atoms with Crippen LogP contribution >= 0.6 is 0 Å². The van der Waals surface area contributed by atoms with Gasteiger partial charge in [0, 0.05) is 13.0 Å². The second-order valence-corrected chi connectivity index (χ2v) is 11.4. The van der Waals surface area contributed by atoms with Crippen molar-refractivity contribution in [3.05, 3.63) is 78.6 Å². The number of likely N-dealkylation sites (tertiary alicyclic amines) is 1. The first-order valence-corrected chi connectivity index (χ1v) is 13.4. The molecule has 12 heteroatoms. The number of nitrogens with one attached hydrogen (secondary N) is 1. The van der Waals surface area contributed by atoms with E-state index in [2.05, 4.69) is 22.2 Å². The molecule has 1 aliphatic heterocycles. The Morgan fingerprint density at radius 3 is 2.19 bits per heavy atom. The Morgan fingerprint density at radius 1 is 1.02 bits per heavy atom. The third kappa shape index (κ3) is 6.39. The van der Waals surface area contributed by atoms with Crippen LogP contribution in [0.1, 0.15) is 49.3 Å². The summed E-state index contributed by atoms with van der Waals surface area (Å²) < 4.78 is 1.23. The number of amides is 4. The molecule has 0 radical (unpaired) electrons. The molecule has 2 aromatic carbocycles. The summed E-state index contributed by atoms with van der Waals surface area (Å²) in [5.41, 5.74) is 13.0. The number of β-amino-alcohol motifs (C(OH)–C–C–N with tert-alkyl or cyclic N) is 1. The zero-order chi connectivity index (χ0) is 30.8. The Kier molecular flexibility index (Phi) is 8.57. The van der Waals surface area contributed by atoms with E-state index in [4.69, 9.17) is 11.5 Å². The molecule has 4 atom stereocenters. The predicted octanol–water partition coefficient (Wildman–Crippen LogP) is 1.28. The molecule has 4 rings (SSSR count). The van der Waals surface area contributed by atoms with Crippen molar-refractivity contribution < 1.29 is 24.3 Å². The number of nitrogens with two attached hydrogens (primary N) is 2. The van der Waals surface area contributed by atoms with Gasteiger partial charge in [-0.15, -0.1) is 5.10 Å². The minimum absolute atomic E-state index is 0.0535. The maximum Gasteiger partial charge on any atom is 0.270 e. The van der Waals surface area contributed by atoms with Gasteiger partial charge in [0.2, 0.25) is 17.7 Å². The van der Waals surface area contributed by atoms with Crippen molar-refractivity contribution in [2.24, 2.45) is 16.9 Å². The van der Waals surface area contributed by atoms with E-state index in [-0.39, 0.29) is 24.2 Å². The van der Waals surface area contributed by atoms with Gasteiger partial charge in [-0.3, -0.25) is 19.2 Å². The van der Waals surface area contributed by atoms with Crippen molar-refractivity contribution in [2.75, 3.05) is 6.54 Å². The van der Waals surface area contributed by atoms with Gasteiger partial charge in [-0.25, -0.2) is 4.68 Å². The topological polar surface area (TPSA) is 187 Å². The number of hydrogen-bond acceptors (Lipinski definition) is 7. The summed E-state index contributed by atoms with van der Waals surface area (Å²) in [5, 5.41) is 20.8. The summed E-state index contributed by atoms with van der Waals surface area (Å²) in [5.74, 6) is -2.82. The van der Waals surface area contributed by atoms with E-state index in [0.717, 1.165) is 11.1 Å². The van der Waals surface area contributed by atoms with Crippen molar-refractivity contribution in [1.82, 2.24) is 25.2 Å². The van der Waals surface area contributed by atoms with Crippen LogP contribution in [0, 0.1) is 5.41 Å². The first-order valence-electron chi connectivity index (χ1n) is 13.4. The molecule has 0 spiro atoms. The predicted molar refractivity (Wildman–Crippen MR) is 155 cm³/mol. The van der Waals surface area contributed by atoms with Gasteiger partial charge in [0.15, 0.2) is 5.69 Å². The highest BCUT2D eigenvalue weighted by Crippen LogP contribution is 2.34. The molecule has 3 aromatic rings. The van der Waals surface area contributed by atoms with Crippen molar-refractivity contribution >= 4 is 29.2 Å². The zero-order valence-electron chi connectivity index (χ0n) is 23.7. The second kappa shape index (κ2) is 12.0. The van der Waals surface area contributed by atoms with E-state index < -0.39 is 53.3 Å². The lowest BCUT2D eigenvalue weighted by molar-refractivity contribution is -0.144. The second-order valence-electron chi connectivity index (χ2n) is 11.4. The van der Waals surface area contributed by atoms with Crippen molar-refractivity contribution in [3.8, 4) is 11.1 Å². The number of aliphatic hydroxyl groups is 1. The lowest BCUT2D eigenvalue weighted by Gasteiger charge is -2.35. The molecule has 1 saturated heterocycles. The van der Waals surface area contributed by atoms with E-state index in [1.165, 1.54) is 15.8 Å². The SMILES string of the molecule is C=C(c1ccc(-c2ccccc2)cc1)[C@@H](NC(=O)[C@@H]1C[C@@H](O)CN1C(=O)[C@@H](n1cc(C(N)=O)nn1)C(C)(C)C)C(N)=O. The van der Waals surface area contributed by atoms with Gasteiger partial charge in [-0.05, 0) is 27.7 Å². The first-order chi connectivity index (χ1) is 19.8. The molecular formula is C30H35N7O5. The van der Waals surface area contributed by atoms with Crippen molar-refractivity contribution in [3.63, 3.8) is 0 Å². The highest BCUT2D eigenvalue weighted by atomic mass is 16.3. The summed E-state index contributed by atoms with van der Waals surface area (Å²) in [7, 11) is 0. The van der Waals surface area contributed by atoms with Gasteiger partial charge in [-0.2, -0.15) is 0 Å². The number of hydrogen-bond donors (Lipinski definition) is 4. The molecule has 1 aromatic heterocycles. The maximum absolute atomic E-state index is 13.9. The highest BCUT2D eigenvalue weighted by molar-refractivity contribution is 6.00. The minimum atomic E-state index is -1.26. The lowest BCUT2D eigenvalue weighted by atomic mass is 9.85.